The first-order valence-electron chi connectivity index (χ1n) is 4.89. The number of carbonyl (C=O) groups excluding carboxylic acids is 1. The Hall–Kier alpha value is -2.08. The van der Waals surface area contributed by atoms with Crippen LogP contribution in [0.1, 0.15) is 12.0 Å². The van der Waals surface area contributed by atoms with Crippen molar-refractivity contribution < 1.29 is 4.79 Å². The van der Waals surface area contributed by atoms with Gasteiger partial charge in [0, 0.05) is 6.42 Å². The molecule has 16 heavy (non-hydrogen) atoms. The Morgan fingerprint density at radius 1 is 1.31 bits per heavy atom. The van der Waals surface area contributed by atoms with Crippen LogP contribution in [0.15, 0.2) is 23.0 Å². The summed E-state index contributed by atoms with van der Waals surface area (Å²) in [6, 6.07) is 5.52. The van der Waals surface area contributed by atoms with Crippen LogP contribution in [0.4, 0.5) is 0 Å². The molecule has 5 N–H and O–H groups in total. The summed E-state index contributed by atoms with van der Waals surface area (Å²) in [5.41, 5.74) is 4.33. The number of imidazole rings is 1. The van der Waals surface area contributed by atoms with E-state index >= 15 is 0 Å². The molecule has 6 heteroatoms. The van der Waals surface area contributed by atoms with Crippen LogP contribution in [0, 0.1) is 0 Å². The summed E-state index contributed by atoms with van der Waals surface area (Å²) in [7, 11) is 0. The Morgan fingerprint density at radius 2 is 2.06 bits per heavy atom. The van der Waals surface area contributed by atoms with Crippen LogP contribution in [-0.2, 0) is 11.2 Å². The second kappa shape index (κ2) is 4.19. The molecule has 6 nitrogen and oxygen atoms in total. The number of amides is 1. The van der Waals surface area contributed by atoms with Gasteiger partial charge in [-0.3, -0.25) is 10.2 Å². The van der Waals surface area contributed by atoms with E-state index in [1.807, 2.05) is 18.2 Å². The monoisotopic (exact) mass is 220 g/mol. The zero-order chi connectivity index (χ0) is 11.5. The third kappa shape index (κ3) is 2.12. The lowest BCUT2D eigenvalue weighted by Gasteiger charge is -2.00. The highest BCUT2D eigenvalue weighted by Crippen LogP contribution is 2.11. The first-order valence-corrected chi connectivity index (χ1v) is 4.89. The lowest BCUT2D eigenvalue weighted by atomic mass is 10.1. The molecule has 0 radical (unpaired) electrons. The van der Waals surface area contributed by atoms with Gasteiger partial charge in [0.1, 0.15) is 0 Å². The number of nitrogens with one attached hydrogen (secondary N) is 3. The number of hydrazine groups is 1. The normalized spacial score (nSPS) is 10.6. The molecule has 1 aromatic heterocycles. The number of aromatic amines is 2. The summed E-state index contributed by atoms with van der Waals surface area (Å²) in [6.45, 7) is 0. The molecule has 2 aromatic rings. The molecule has 0 aliphatic carbocycles. The van der Waals surface area contributed by atoms with Crippen LogP contribution in [-0.4, -0.2) is 15.9 Å². The molecule has 1 amide bonds. The number of rotatable bonds is 3. The van der Waals surface area contributed by atoms with Gasteiger partial charge in [-0.25, -0.2) is 10.6 Å². The number of aromatic nitrogens is 2. The van der Waals surface area contributed by atoms with Gasteiger partial charge >= 0.3 is 5.69 Å². The molecule has 0 fully saturated rings. The summed E-state index contributed by atoms with van der Waals surface area (Å²) in [6.07, 6.45) is 0.919. The van der Waals surface area contributed by atoms with Crippen LogP contribution in [0.5, 0.6) is 0 Å². The van der Waals surface area contributed by atoms with Gasteiger partial charge in [0.25, 0.3) is 0 Å². The van der Waals surface area contributed by atoms with Gasteiger partial charge in [-0.2, -0.15) is 0 Å². The average molecular weight is 220 g/mol. The lowest BCUT2D eigenvalue weighted by molar-refractivity contribution is -0.121. The van der Waals surface area contributed by atoms with Crippen LogP contribution < -0.4 is 17.0 Å². The molecule has 84 valence electrons. The van der Waals surface area contributed by atoms with E-state index in [4.69, 9.17) is 5.84 Å². The third-order valence-corrected chi connectivity index (χ3v) is 2.38. The molecular formula is C10H12N4O2. The number of hydrogen-bond acceptors (Lipinski definition) is 3. The number of benzene rings is 1. The lowest BCUT2D eigenvalue weighted by Crippen LogP contribution is -2.30. The Morgan fingerprint density at radius 3 is 2.81 bits per heavy atom. The van der Waals surface area contributed by atoms with Gasteiger partial charge in [0.2, 0.25) is 5.91 Å². The van der Waals surface area contributed by atoms with Gasteiger partial charge in [0.15, 0.2) is 0 Å². The van der Waals surface area contributed by atoms with Crippen molar-refractivity contribution in [3.05, 3.63) is 34.2 Å². The van der Waals surface area contributed by atoms with Crippen LogP contribution >= 0.6 is 0 Å². The van der Waals surface area contributed by atoms with Crippen molar-refractivity contribution in [1.29, 1.82) is 0 Å². The highest BCUT2D eigenvalue weighted by Gasteiger charge is 2.02. The number of aryl methyl sites for hydroxylation is 1. The van der Waals surface area contributed by atoms with E-state index < -0.39 is 0 Å². The zero-order valence-electron chi connectivity index (χ0n) is 8.54. The van der Waals surface area contributed by atoms with Crippen molar-refractivity contribution in [2.24, 2.45) is 5.84 Å². The van der Waals surface area contributed by atoms with E-state index in [2.05, 4.69) is 15.4 Å². The number of carbonyl (C=O) groups is 1. The quantitative estimate of drug-likeness (QED) is 0.326. The molecule has 1 aromatic carbocycles. The van der Waals surface area contributed by atoms with Crippen LogP contribution in [0.25, 0.3) is 11.0 Å². The van der Waals surface area contributed by atoms with Gasteiger partial charge in [-0.15, -0.1) is 0 Å². The van der Waals surface area contributed by atoms with E-state index in [0.29, 0.717) is 12.8 Å². The minimum atomic E-state index is -0.230. The van der Waals surface area contributed by atoms with Crippen LogP contribution in [0.2, 0.25) is 0 Å². The molecule has 0 saturated carbocycles. The first-order chi connectivity index (χ1) is 7.69. The van der Waals surface area contributed by atoms with Crippen molar-refractivity contribution in [2.75, 3.05) is 0 Å². The molecule has 0 unspecified atom stereocenters. The first kappa shape index (κ1) is 10.4. The van der Waals surface area contributed by atoms with E-state index in [-0.39, 0.29) is 11.6 Å². The SMILES string of the molecule is NNC(=O)CCc1ccc2[nH]c(=O)[nH]c2c1. The largest absolute Gasteiger partial charge is 0.323 e. The molecule has 0 spiro atoms. The molecule has 0 aliphatic rings. The predicted molar refractivity (Wildman–Crippen MR) is 59.6 cm³/mol. The fourth-order valence-electron chi connectivity index (χ4n) is 1.57. The van der Waals surface area contributed by atoms with Crippen LogP contribution in [0.3, 0.4) is 0 Å². The Labute approximate surface area is 90.8 Å². The molecule has 0 bridgehead atoms. The van der Waals surface area contributed by atoms with E-state index in [1.165, 1.54) is 0 Å². The smallest absolute Gasteiger partial charge is 0.306 e. The predicted octanol–water partition coefficient (Wildman–Crippen LogP) is -0.221. The zero-order valence-corrected chi connectivity index (χ0v) is 8.54. The highest BCUT2D eigenvalue weighted by atomic mass is 16.2. The summed E-state index contributed by atoms with van der Waals surface area (Å²) < 4.78 is 0. The highest BCUT2D eigenvalue weighted by molar-refractivity contribution is 5.77. The van der Waals surface area contributed by atoms with Gasteiger partial charge < -0.3 is 9.97 Å². The Bertz CT molecular complexity index is 569. The number of fused-ring (bicyclic) bond motifs is 1. The summed E-state index contributed by atoms with van der Waals surface area (Å²) in [5, 5.41) is 0. The fourth-order valence-corrected chi connectivity index (χ4v) is 1.57. The summed E-state index contributed by atoms with van der Waals surface area (Å²) in [5.74, 6) is 4.77. The van der Waals surface area contributed by atoms with Gasteiger partial charge in [-0.05, 0) is 24.1 Å². The Balaban J connectivity index is 2.19. The minimum absolute atomic E-state index is 0.206. The topological polar surface area (TPSA) is 104 Å². The molecular weight excluding hydrogens is 208 g/mol. The number of H-pyrrole nitrogens is 2. The maximum Gasteiger partial charge on any atom is 0.323 e. The maximum atomic E-state index is 11.0. The van der Waals surface area contributed by atoms with E-state index in [0.717, 1.165) is 16.6 Å². The third-order valence-electron chi connectivity index (χ3n) is 2.38. The fraction of sp³-hybridized carbons (Fsp3) is 0.200. The second-order valence-electron chi connectivity index (χ2n) is 3.53. The maximum absolute atomic E-state index is 11.0. The number of nitrogens with two attached hydrogens (primary N) is 1. The van der Waals surface area contributed by atoms with Crippen molar-refractivity contribution in [3.8, 4) is 0 Å². The summed E-state index contributed by atoms with van der Waals surface area (Å²) >= 11 is 0. The standard InChI is InChI=1S/C10H12N4O2/c11-14-9(15)4-2-6-1-3-7-8(5-6)13-10(16)12-7/h1,3,5H,2,4,11H2,(H,14,15)(H2,12,13,16). The van der Waals surface area contributed by atoms with Gasteiger partial charge in [0.05, 0.1) is 11.0 Å². The minimum Gasteiger partial charge on any atom is -0.306 e. The molecule has 1 heterocycles. The van der Waals surface area contributed by atoms with Crippen molar-refractivity contribution in [1.82, 2.24) is 15.4 Å². The molecule has 0 saturated heterocycles. The average Bonchev–Trinajstić information content (AvgIpc) is 2.65. The Kier molecular flexibility index (Phi) is 2.74. The van der Waals surface area contributed by atoms with Gasteiger partial charge in [-0.1, -0.05) is 6.07 Å². The van der Waals surface area contributed by atoms with Crippen molar-refractivity contribution >= 4 is 16.9 Å². The summed E-state index contributed by atoms with van der Waals surface area (Å²) in [4.78, 5) is 27.3. The molecule has 0 aliphatic heterocycles. The van der Waals surface area contributed by atoms with Crippen molar-refractivity contribution in [3.63, 3.8) is 0 Å². The van der Waals surface area contributed by atoms with E-state index in [1.54, 1.807) is 0 Å². The molecule has 2 rings (SSSR count). The van der Waals surface area contributed by atoms with E-state index in [9.17, 15) is 9.59 Å². The van der Waals surface area contributed by atoms with Crippen molar-refractivity contribution in [2.45, 2.75) is 12.8 Å². The molecule has 0 atom stereocenters. The second-order valence-corrected chi connectivity index (χ2v) is 3.53. The number of hydrogen-bond donors (Lipinski definition) is 4.